The lowest BCUT2D eigenvalue weighted by atomic mass is 9.92. The summed E-state index contributed by atoms with van der Waals surface area (Å²) in [5.74, 6) is -3.17. The Balaban J connectivity index is 1.30. The Kier molecular flexibility index (Phi) is 22.8. The van der Waals surface area contributed by atoms with E-state index < -0.39 is 53.4 Å². The molecule has 2 heterocycles. The van der Waals surface area contributed by atoms with Crippen LogP contribution < -0.4 is 20.7 Å². The summed E-state index contributed by atoms with van der Waals surface area (Å²) < 4.78 is 45.1. The maximum Gasteiger partial charge on any atom is 0.347 e. The van der Waals surface area contributed by atoms with Gasteiger partial charge in [-0.2, -0.15) is 0 Å². The van der Waals surface area contributed by atoms with Crippen LogP contribution in [0.5, 0.6) is 5.75 Å². The summed E-state index contributed by atoms with van der Waals surface area (Å²) in [4.78, 5) is 64.8. The highest BCUT2D eigenvalue weighted by molar-refractivity contribution is 6.32. The van der Waals surface area contributed by atoms with E-state index in [9.17, 15) is 24.0 Å². The maximum absolute atomic E-state index is 13.8. The highest BCUT2D eigenvalue weighted by Crippen LogP contribution is 2.45. The zero-order valence-corrected chi connectivity index (χ0v) is 39.7. The summed E-state index contributed by atoms with van der Waals surface area (Å²) in [6.45, 7) is 13.3. The van der Waals surface area contributed by atoms with Gasteiger partial charge in [-0.3, -0.25) is 19.2 Å². The number of hydrogen-bond donors (Lipinski definition) is 4. The Morgan fingerprint density at radius 1 is 0.894 bits per heavy atom. The van der Waals surface area contributed by atoms with E-state index in [4.69, 9.17) is 54.6 Å². The van der Waals surface area contributed by atoms with Gasteiger partial charge in [-0.05, 0) is 61.1 Å². The minimum Gasteiger partial charge on any atom is -0.495 e. The predicted molar refractivity (Wildman–Crippen MR) is 244 cm³/mol. The normalized spacial score (nSPS) is 22.0. The number of benzene rings is 2. The Morgan fingerprint density at radius 2 is 1.53 bits per heavy atom. The number of carbonyl (C=O) groups excluding carboxylic acids is 4. The number of carboxylic acids is 1. The lowest BCUT2D eigenvalue weighted by molar-refractivity contribution is -0.179. The van der Waals surface area contributed by atoms with Crippen LogP contribution in [0.1, 0.15) is 76.7 Å². The summed E-state index contributed by atoms with van der Waals surface area (Å²) in [6, 6.07) is 12.2. The molecule has 2 aromatic carbocycles. The fraction of sp³-hybridized carbons (Fsp3) is 0.604. The van der Waals surface area contributed by atoms with Crippen molar-refractivity contribution >= 4 is 41.3 Å². The van der Waals surface area contributed by atoms with Gasteiger partial charge in [-0.25, -0.2) is 4.79 Å². The highest BCUT2D eigenvalue weighted by Gasteiger charge is 2.48. The van der Waals surface area contributed by atoms with E-state index in [0.29, 0.717) is 75.7 Å². The molecule has 1 saturated heterocycles. The molecule has 17 nitrogen and oxygen atoms in total. The van der Waals surface area contributed by atoms with Crippen LogP contribution in [0.4, 0.5) is 0 Å². The summed E-state index contributed by atoms with van der Waals surface area (Å²) in [6.07, 6.45) is 0.912. The van der Waals surface area contributed by atoms with E-state index in [0.717, 1.165) is 11.1 Å². The molecule has 0 unspecified atom stereocenters. The molecule has 366 valence electrons. The molecular formula is C48H68ClN3O14. The molecule has 4 N–H and O–H groups in total. The van der Waals surface area contributed by atoms with Crippen LogP contribution in [0.2, 0.25) is 5.02 Å². The number of cyclic esters (lactones) is 2. The number of esters is 2. The first-order valence-corrected chi connectivity index (χ1v) is 22.9. The standard InChI is InChI=1S/C48H68ClN3O14/c1-31(2)26-40-46(57)64-38(8-7-9-41(53)52-37(28-34-12-15-39(59-6)36(49)27-34)45(56)51-30-48(4,5)47(58)65-40)32(3)43-44(66-43)35-13-10-33(11-14-35)29-50-17-19-61-21-23-63-25-24-62-22-20-60-18-16-42(54)55/h7,9-15,27,31-32,37-38,40,43-44,50H,8,16-26,28-30H2,1-6H3,(H,51,56)(H,52,53)(H,54,55)/t32-,37+,38-,40-,43+,44+/m0/s1. The molecular weight excluding hydrogens is 878 g/mol. The smallest absolute Gasteiger partial charge is 0.347 e. The number of halogens is 1. The minimum absolute atomic E-state index is 0.0144. The van der Waals surface area contributed by atoms with Crippen molar-refractivity contribution in [2.24, 2.45) is 17.3 Å². The van der Waals surface area contributed by atoms with E-state index >= 15 is 0 Å². The second-order valence-electron chi connectivity index (χ2n) is 17.4. The number of epoxide rings is 1. The third kappa shape index (κ3) is 18.9. The largest absolute Gasteiger partial charge is 0.495 e. The average Bonchev–Trinajstić information content (AvgIpc) is 4.08. The van der Waals surface area contributed by atoms with E-state index in [2.05, 4.69) is 16.0 Å². The zero-order valence-electron chi connectivity index (χ0n) is 39.0. The minimum atomic E-state index is -1.23. The van der Waals surface area contributed by atoms with Crippen LogP contribution in [0, 0.1) is 17.3 Å². The number of methoxy groups -OCH3 is 1. The highest BCUT2D eigenvalue weighted by atomic mass is 35.5. The fourth-order valence-corrected chi connectivity index (χ4v) is 7.23. The monoisotopic (exact) mass is 945 g/mol. The Hall–Kier alpha value is -4.62. The van der Waals surface area contributed by atoms with Crippen LogP contribution in [-0.2, 0) is 70.1 Å². The zero-order chi connectivity index (χ0) is 48.1. The van der Waals surface area contributed by atoms with Crippen LogP contribution >= 0.6 is 11.6 Å². The Labute approximate surface area is 392 Å². The molecule has 4 rings (SSSR count). The van der Waals surface area contributed by atoms with Gasteiger partial charge >= 0.3 is 17.9 Å². The molecule has 6 atom stereocenters. The van der Waals surface area contributed by atoms with Crippen molar-refractivity contribution in [2.45, 2.75) is 97.3 Å². The van der Waals surface area contributed by atoms with Crippen LogP contribution in [0.3, 0.4) is 0 Å². The summed E-state index contributed by atoms with van der Waals surface area (Å²) in [5, 5.41) is 17.9. The van der Waals surface area contributed by atoms with Crippen molar-refractivity contribution in [2.75, 3.05) is 73.1 Å². The van der Waals surface area contributed by atoms with Gasteiger partial charge in [0.15, 0.2) is 6.10 Å². The molecule has 0 radical (unpaired) electrons. The predicted octanol–water partition coefficient (Wildman–Crippen LogP) is 4.75. The lowest BCUT2D eigenvalue weighted by Gasteiger charge is -2.29. The quantitative estimate of drug-likeness (QED) is 0.0600. The van der Waals surface area contributed by atoms with Crippen molar-refractivity contribution < 1.29 is 67.0 Å². The van der Waals surface area contributed by atoms with Gasteiger partial charge in [0.2, 0.25) is 11.8 Å². The number of ether oxygens (including phenoxy) is 8. The van der Waals surface area contributed by atoms with E-state index in [1.807, 2.05) is 45.0 Å². The summed E-state index contributed by atoms with van der Waals surface area (Å²) in [5.41, 5.74) is 1.50. The van der Waals surface area contributed by atoms with Crippen LogP contribution in [0.15, 0.2) is 54.6 Å². The molecule has 1 fully saturated rings. The molecule has 18 heteroatoms. The fourth-order valence-electron chi connectivity index (χ4n) is 6.95. The van der Waals surface area contributed by atoms with Gasteiger partial charge in [0.25, 0.3) is 0 Å². The van der Waals surface area contributed by atoms with Crippen LogP contribution in [-0.4, -0.2) is 132 Å². The Morgan fingerprint density at radius 3 is 2.15 bits per heavy atom. The van der Waals surface area contributed by atoms with Crippen molar-refractivity contribution in [1.29, 1.82) is 0 Å². The summed E-state index contributed by atoms with van der Waals surface area (Å²) >= 11 is 6.36. The molecule has 66 heavy (non-hydrogen) atoms. The number of amides is 2. The number of aliphatic carboxylic acids is 1. The topological polar surface area (TPSA) is 219 Å². The second kappa shape index (κ2) is 27.9. The van der Waals surface area contributed by atoms with Gasteiger partial charge in [-0.15, -0.1) is 0 Å². The molecule has 2 amide bonds. The Bertz CT molecular complexity index is 1890. The molecule has 0 aliphatic carbocycles. The molecule has 0 spiro atoms. The molecule has 0 saturated carbocycles. The maximum atomic E-state index is 13.8. The number of rotatable bonds is 25. The number of carbonyl (C=O) groups is 5. The van der Waals surface area contributed by atoms with Crippen molar-refractivity contribution in [3.05, 3.63) is 76.3 Å². The van der Waals surface area contributed by atoms with Gasteiger partial charge in [0.05, 0.1) is 82.9 Å². The SMILES string of the molecule is COc1ccc(C[C@H]2NC(=O)C=CC[C@@H]([C@H](C)[C@H]3O[C@@H]3c3ccc(CNCCOCCOCCOCCOCCC(=O)O)cc3)OC(=O)[C@H](CC(C)C)OC(=O)C(C)(C)CNC2=O)cc1Cl. The third-order valence-corrected chi connectivity index (χ3v) is 11.2. The molecule has 0 aromatic heterocycles. The van der Waals surface area contributed by atoms with E-state index in [-0.39, 0.29) is 62.9 Å². The van der Waals surface area contributed by atoms with Crippen LogP contribution in [0.25, 0.3) is 0 Å². The second-order valence-corrected chi connectivity index (χ2v) is 17.8. The molecule has 2 aliphatic heterocycles. The average molecular weight is 947 g/mol. The molecule has 2 aromatic rings. The molecule has 0 bridgehead atoms. The lowest BCUT2D eigenvalue weighted by Crippen LogP contribution is -2.51. The summed E-state index contributed by atoms with van der Waals surface area (Å²) in [7, 11) is 1.50. The van der Waals surface area contributed by atoms with E-state index in [1.54, 1.807) is 38.1 Å². The first-order chi connectivity index (χ1) is 31.6. The number of nitrogens with one attached hydrogen (secondary N) is 3. The number of hydrogen-bond acceptors (Lipinski definition) is 14. The van der Waals surface area contributed by atoms with Gasteiger partial charge < -0.3 is 59.0 Å². The molecule has 2 aliphatic rings. The van der Waals surface area contributed by atoms with Gasteiger partial charge in [0, 0.05) is 38.4 Å². The first kappa shape index (κ1) is 54.0. The van der Waals surface area contributed by atoms with Crippen molar-refractivity contribution in [3.63, 3.8) is 0 Å². The first-order valence-electron chi connectivity index (χ1n) is 22.5. The van der Waals surface area contributed by atoms with Crippen molar-refractivity contribution in [1.82, 2.24) is 16.0 Å². The van der Waals surface area contributed by atoms with Crippen molar-refractivity contribution in [3.8, 4) is 5.75 Å². The number of carboxylic acid groups (broad SMARTS) is 1. The van der Waals surface area contributed by atoms with E-state index in [1.165, 1.54) is 13.2 Å². The van der Waals surface area contributed by atoms with Gasteiger partial charge in [-0.1, -0.05) is 68.8 Å². The third-order valence-electron chi connectivity index (χ3n) is 10.9. The van der Waals surface area contributed by atoms with Gasteiger partial charge in [0.1, 0.15) is 24.0 Å².